The number of carboxylic acids is 1. The molecule has 0 aliphatic rings. The molecule has 0 radical (unpaired) electrons. The highest BCUT2D eigenvalue weighted by atomic mass is 35.5. The fourth-order valence-electron chi connectivity index (χ4n) is 1.03. The number of rotatable bonds is 5. The van der Waals surface area contributed by atoms with Gasteiger partial charge in [-0.3, -0.25) is 0 Å². The molecule has 5 nitrogen and oxygen atoms in total. The second kappa shape index (κ2) is 6.07. The smallest absolute Gasteiger partial charge is 0.381 e. The first-order chi connectivity index (χ1) is 7.58. The normalized spacial score (nSPS) is 11.8. The Morgan fingerprint density at radius 2 is 1.88 bits per heavy atom. The minimum atomic E-state index is -1.29. The average molecular weight is 244 g/mol. The molecule has 1 aromatic heterocycles. The zero-order chi connectivity index (χ0) is 12.0. The zero-order valence-corrected chi connectivity index (χ0v) is 9.09. The molecule has 1 aromatic rings. The summed E-state index contributed by atoms with van der Waals surface area (Å²) in [4.78, 5) is 26.3. The van der Waals surface area contributed by atoms with Crippen molar-refractivity contribution in [2.24, 2.45) is 0 Å². The molecule has 0 aliphatic carbocycles. The summed E-state index contributed by atoms with van der Waals surface area (Å²) in [7, 11) is 0. The van der Waals surface area contributed by atoms with Crippen LogP contribution in [0.4, 0.5) is 0 Å². The van der Waals surface area contributed by atoms with E-state index in [9.17, 15) is 14.7 Å². The number of aromatic nitrogens is 1. The van der Waals surface area contributed by atoms with Crippen LogP contribution in [-0.2, 0) is 9.59 Å². The van der Waals surface area contributed by atoms with E-state index in [0.717, 1.165) is 0 Å². The van der Waals surface area contributed by atoms with Crippen LogP contribution < -0.4 is 14.7 Å². The number of aliphatic carboxylic acids is 1. The van der Waals surface area contributed by atoms with Gasteiger partial charge in [0.15, 0.2) is 0 Å². The van der Waals surface area contributed by atoms with Crippen molar-refractivity contribution in [3.63, 3.8) is 0 Å². The largest absolute Gasteiger partial charge is 0.550 e. The molecule has 16 heavy (non-hydrogen) atoms. The highest BCUT2D eigenvalue weighted by molar-refractivity contribution is 6.22. The van der Waals surface area contributed by atoms with E-state index < -0.39 is 17.3 Å². The number of hydrogen-bond acceptors (Lipinski definition) is 4. The Hall–Kier alpha value is -1.62. The van der Waals surface area contributed by atoms with Gasteiger partial charge in [-0.05, 0) is 0 Å². The van der Waals surface area contributed by atoms with Crippen LogP contribution in [0.2, 0.25) is 0 Å². The van der Waals surface area contributed by atoms with Gasteiger partial charge in [-0.15, -0.1) is 11.6 Å². The molecule has 0 aromatic carbocycles. The topological polar surface area (TPSA) is 70.3 Å². The number of carboxylic acid groups (broad SMARTS) is 1. The first-order valence-corrected chi connectivity index (χ1v) is 5.03. The number of hydrogen-bond donors (Lipinski definition) is 0. The Labute approximate surface area is 97.2 Å². The van der Waals surface area contributed by atoms with Crippen molar-refractivity contribution in [2.75, 3.05) is 0 Å². The molecular weight excluding hydrogens is 234 g/mol. The first-order valence-electron chi connectivity index (χ1n) is 4.59. The predicted octanol–water partition coefficient (Wildman–Crippen LogP) is -0.933. The molecule has 0 bridgehead atoms. The minimum Gasteiger partial charge on any atom is -0.550 e. The van der Waals surface area contributed by atoms with E-state index >= 15 is 0 Å². The third-order valence-corrected chi connectivity index (χ3v) is 1.98. The quantitative estimate of drug-likeness (QED) is 0.495. The van der Waals surface area contributed by atoms with Gasteiger partial charge in [0.25, 0.3) is 0 Å². The molecule has 0 amide bonds. The molecule has 0 N–H and O–H groups in total. The van der Waals surface area contributed by atoms with E-state index in [1.807, 2.05) is 0 Å². The van der Waals surface area contributed by atoms with Crippen molar-refractivity contribution in [2.45, 2.75) is 18.2 Å². The molecule has 0 fully saturated rings. The van der Waals surface area contributed by atoms with Crippen molar-refractivity contribution in [1.82, 2.24) is 0 Å². The molecule has 1 heterocycles. The van der Waals surface area contributed by atoms with Crippen LogP contribution in [0.3, 0.4) is 0 Å². The summed E-state index contributed by atoms with van der Waals surface area (Å²) in [5, 5.41) is 9.38. The first kappa shape index (κ1) is 12.4. The van der Waals surface area contributed by atoms with Gasteiger partial charge >= 0.3 is 5.97 Å². The summed E-state index contributed by atoms with van der Waals surface area (Å²) < 4.78 is 1.21. The minimum absolute atomic E-state index is 0.183. The number of alkyl halides is 1. The second-order valence-electron chi connectivity index (χ2n) is 3.08. The predicted molar refractivity (Wildman–Crippen MR) is 52.1 cm³/mol. The van der Waals surface area contributed by atoms with Gasteiger partial charge in [0.1, 0.15) is 0 Å². The number of carbonyl (C=O) groups is 2. The maximum Gasteiger partial charge on any atom is 0.381 e. The number of halogens is 1. The van der Waals surface area contributed by atoms with Crippen molar-refractivity contribution in [3.8, 4) is 0 Å². The van der Waals surface area contributed by atoms with Crippen LogP contribution in [0.15, 0.2) is 30.6 Å². The molecule has 0 spiro atoms. The maximum atomic E-state index is 11.3. The number of carbonyl (C=O) groups excluding carboxylic acids is 2. The van der Waals surface area contributed by atoms with E-state index in [4.69, 9.17) is 16.4 Å². The lowest BCUT2D eigenvalue weighted by molar-refractivity contribution is -0.869. The summed E-state index contributed by atoms with van der Waals surface area (Å²) in [5.74, 6) is -1.89. The molecule has 6 heteroatoms. The fourth-order valence-corrected chi connectivity index (χ4v) is 1.28. The highest BCUT2D eigenvalue weighted by Crippen LogP contribution is 2.06. The summed E-state index contributed by atoms with van der Waals surface area (Å²) in [5.41, 5.74) is 0. The van der Waals surface area contributed by atoms with E-state index in [-0.39, 0.29) is 12.8 Å². The molecule has 0 aliphatic heterocycles. The van der Waals surface area contributed by atoms with Crippen LogP contribution in [0.5, 0.6) is 0 Å². The van der Waals surface area contributed by atoms with Crippen molar-refractivity contribution in [1.29, 1.82) is 0 Å². The van der Waals surface area contributed by atoms with Gasteiger partial charge in [-0.2, -0.15) is 4.84 Å². The summed E-state index contributed by atoms with van der Waals surface area (Å²) in [6.07, 6.45) is 2.52. The monoisotopic (exact) mass is 243 g/mol. The van der Waals surface area contributed by atoms with Gasteiger partial charge < -0.3 is 9.90 Å². The molecule has 1 atom stereocenters. The second-order valence-corrected chi connectivity index (χ2v) is 3.69. The van der Waals surface area contributed by atoms with E-state index in [2.05, 4.69) is 0 Å². The molecule has 1 rings (SSSR count). The molecule has 1 unspecified atom stereocenters. The van der Waals surface area contributed by atoms with Crippen molar-refractivity contribution < 1.29 is 24.3 Å². The Kier molecular flexibility index (Phi) is 4.72. The van der Waals surface area contributed by atoms with Gasteiger partial charge in [0, 0.05) is 34.6 Å². The lowest BCUT2D eigenvalue weighted by atomic mass is 10.2. The lowest BCUT2D eigenvalue weighted by Crippen LogP contribution is -2.45. The van der Waals surface area contributed by atoms with Gasteiger partial charge in [-0.1, -0.05) is 6.07 Å². The average Bonchev–Trinajstić information content (AvgIpc) is 2.17. The van der Waals surface area contributed by atoms with Crippen LogP contribution in [0, 0.1) is 0 Å². The molecule has 0 saturated heterocycles. The Balaban J connectivity index is 2.39. The van der Waals surface area contributed by atoms with Gasteiger partial charge in [0.05, 0.1) is 6.42 Å². The fraction of sp³-hybridized carbons (Fsp3) is 0.300. The summed E-state index contributed by atoms with van der Waals surface area (Å²) in [6, 6.07) is 5.14. The zero-order valence-electron chi connectivity index (χ0n) is 8.34. The van der Waals surface area contributed by atoms with Crippen LogP contribution in [0.1, 0.15) is 12.8 Å². The molecule has 0 saturated carbocycles. The van der Waals surface area contributed by atoms with Crippen LogP contribution >= 0.6 is 11.6 Å². The van der Waals surface area contributed by atoms with Crippen LogP contribution in [0.25, 0.3) is 0 Å². The van der Waals surface area contributed by atoms with Gasteiger partial charge in [0.2, 0.25) is 12.4 Å². The Morgan fingerprint density at radius 3 is 2.44 bits per heavy atom. The highest BCUT2D eigenvalue weighted by Gasteiger charge is 2.16. The number of nitrogens with zero attached hydrogens (tertiary/aromatic N) is 1. The van der Waals surface area contributed by atoms with E-state index in [1.165, 1.54) is 4.73 Å². The molecular formula is C10H10ClNO4. The number of pyridine rings is 1. The Bertz CT molecular complexity index is 368. The van der Waals surface area contributed by atoms with Crippen LogP contribution in [-0.4, -0.2) is 17.3 Å². The van der Waals surface area contributed by atoms with Gasteiger partial charge in [-0.25, -0.2) is 4.79 Å². The maximum absolute atomic E-state index is 11.3. The standard InChI is InChI=1S/C10H10ClNO4/c11-8(6-9(13)14)7-10(15)16-12-4-2-1-3-5-12/h1-5,8H,6-7H2. The summed E-state index contributed by atoms with van der Waals surface area (Å²) in [6.45, 7) is 0. The van der Waals surface area contributed by atoms with Crippen molar-refractivity contribution in [3.05, 3.63) is 30.6 Å². The van der Waals surface area contributed by atoms with Crippen molar-refractivity contribution >= 4 is 23.5 Å². The SMILES string of the molecule is O=C([O-])CC(Cl)CC(=O)O[n+]1ccccc1. The third kappa shape index (κ3) is 4.75. The van der Waals surface area contributed by atoms with E-state index in [0.29, 0.717) is 0 Å². The Morgan fingerprint density at radius 1 is 1.25 bits per heavy atom. The third-order valence-electron chi connectivity index (χ3n) is 1.67. The van der Waals surface area contributed by atoms with E-state index in [1.54, 1.807) is 30.6 Å². The summed E-state index contributed by atoms with van der Waals surface area (Å²) >= 11 is 5.61. The molecule has 86 valence electrons. The lowest BCUT2D eigenvalue weighted by Gasteiger charge is -2.06.